The second-order valence-corrected chi connectivity index (χ2v) is 7.08. The standard InChI is InChI=1S/C15H23BO4S/c1-6-18-13(17)9-12(11-7-8-21-10-11)16-19-14(2,3)15(4,5)20-16/h7-8,10,12H,6,9H2,1-5H3. The lowest BCUT2D eigenvalue weighted by atomic mass is 9.67. The van der Waals surface area contributed by atoms with Gasteiger partial charge in [-0.05, 0) is 57.0 Å². The summed E-state index contributed by atoms with van der Waals surface area (Å²) in [7, 11) is -0.436. The average molecular weight is 310 g/mol. The van der Waals surface area contributed by atoms with Crippen LogP contribution in [0.4, 0.5) is 0 Å². The Morgan fingerprint density at radius 2 is 1.95 bits per heavy atom. The van der Waals surface area contributed by atoms with Crippen molar-refractivity contribution in [2.24, 2.45) is 0 Å². The third-order valence-electron chi connectivity index (χ3n) is 4.26. The molecule has 2 rings (SSSR count). The van der Waals surface area contributed by atoms with Crippen molar-refractivity contribution in [1.29, 1.82) is 0 Å². The summed E-state index contributed by atoms with van der Waals surface area (Å²) in [6.45, 7) is 10.3. The lowest BCUT2D eigenvalue weighted by Gasteiger charge is -2.32. The predicted molar refractivity (Wildman–Crippen MR) is 84.4 cm³/mol. The van der Waals surface area contributed by atoms with Gasteiger partial charge in [0.15, 0.2) is 0 Å². The third-order valence-corrected chi connectivity index (χ3v) is 4.96. The van der Waals surface area contributed by atoms with E-state index in [9.17, 15) is 4.79 Å². The molecular weight excluding hydrogens is 287 g/mol. The number of carbonyl (C=O) groups is 1. The zero-order valence-corrected chi connectivity index (χ0v) is 14.2. The highest BCUT2D eigenvalue weighted by Crippen LogP contribution is 2.42. The first kappa shape index (κ1) is 16.5. The molecule has 1 saturated heterocycles. The molecule has 0 N–H and O–H groups in total. The maximum Gasteiger partial charge on any atom is 0.466 e. The van der Waals surface area contributed by atoms with Gasteiger partial charge in [0.05, 0.1) is 24.2 Å². The Bertz CT molecular complexity index is 468. The van der Waals surface area contributed by atoms with E-state index in [1.807, 2.05) is 51.4 Å². The van der Waals surface area contributed by atoms with Crippen LogP contribution in [-0.2, 0) is 18.8 Å². The molecule has 1 aliphatic rings. The van der Waals surface area contributed by atoms with Gasteiger partial charge in [0, 0.05) is 5.82 Å². The summed E-state index contributed by atoms with van der Waals surface area (Å²) in [5.41, 5.74) is 0.257. The van der Waals surface area contributed by atoms with Gasteiger partial charge in [-0.3, -0.25) is 4.79 Å². The van der Waals surface area contributed by atoms with E-state index in [4.69, 9.17) is 14.0 Å². The Labute approximate surface area is 130 Å². The number of esters is 1. The van der Waals surface area contributed by atoms with Crippen LogP contribution >= 0.6 is 11.3 Å². The minimum absolute atomic E-state index is 0.142. The van der Waals surface area contributed by atoms with Crippen LogP contribution < -0.4 is 0 Å². The van der Waals surface area contributed by atoms with E-state index >= 15 is 0 Å². The molecule has 116 valence electrons. The zero-order valence-electron chi connectivity index (χ0n) is 13.3. The zero-order chi connectivity index (χ0) is 15.7. The Balaban J connectivity index is 2.19. The van der Waals surface area contributed by atoms with Crippen molar-refractivity contribution >= 4 is 24.4 Å². The molecule has 0 radical (unpaired) electrons. The van der Waals surface area contributed by atoms with Crippen LogP contribution in [0.15, 0.2) is 16.8 Å². The first-order chi connectivity index (χ1) is 9.77. The van der Waals surface area contributed by atoms with Gasteiger partial charge in [0.1, 0.15) is 0 Å². The molecular formula is C15H23BO4S. The highest BCUT2D eigenvalue weighted by atomic mass is 32.1. The quantitative estimate of drug-likeness (QED) is 0.617. The molecule has 6 heteroatoms. The molecule has 0 amide bonds. The molecule has 0 aliphatic carbocycles. The monoisotopic (exact) mass is 310 g/mol. The summed E-state index contributed by atoms with van der Waals surface area (Å²) in [5.74, 6) is -0.361. The van der Waals surface area contributed by atoms with Crippen molar-refractivity contribution in [2.75, 3.05) is 6.61 Å². The van der Waals surface area contributed by atoms with Gasteiger partial charge in [0.25, 0.3) is 0 Å². The molecule has 4 nitrogen and oxygen atoms in total. The molecule has 1 aromatic heterocycles. The van der Waals surface area contributed by atoms with Crippen LogP contribution in [0, 0.1) is 0 Å². The summed E-state index contributed by atoms with van der Waals surface area (Å²) in [5, 5.41) is 4.04. The summed E-state index contributed by atoms with van der Waals surface area (Å²) in [6, 6.07) is 2.01. The van der Waals surface area contributed by atoms with E-state index in [2.05, 4.69) is 0 Å². The topological polar surface area (TPSA) is 44.8 Å². The molecule has 2 heterocycles. The molecule has 1 fully saturated rings. The minimum Gasteiger partial charge on any atom is -0.466 e. The highest BCUT2D eigenvalue weighted by molar-refractivity contribution is 7.08. The Hall–Kier alpha value is -0.845. The lowest BCUT2D eigenvalue weighted by Crippen LogP contribution is -2.41. The second kappa shape index (κ2) is 6.11. The van der Waals surface area contributed by atoms with Gasteiger partial charge in [0.2, 0.25) is 0 Å². The largest absolute Gasteiger partial charge is 0.466 e. The summed E-state index contributed by atoms with van der Waals surface area (Å²) < 4.78 is 17.3. The molecule has 1 aliphatic heterocycles. The van der Waals surface area contributed by atoms with Crippen molar-refractivity contribution in [2.45, 2.75) is 58.1 Å². The van der Waals surface area contributed by atoms with E-state index in [0.29, 0.717) is 6.61 Å². The van der Waals surface area contributed by atoms with Crippen LogP contribution in [-0.4, -0.2) is 30.9 Å². The molecule has 0 spiro atoms. The molecule has 0 bridgehead atoms. The first-order valence-electron chi connectivity index (χ1n) is 7.30. The highest BCUT2D eigenvalue weighted by Gasteiger charge is 2.54. The maximum absolute atomic E-state index is 11.9. The first-order valence-corrected chi connectivity index (χ1v) is 8.24. The van der Waals surface area contributed by atoms with Crippen LogP contribution in [0.2, 0.25) is 0 Å². The fourth-order valence-electron chi connectivity index (χ4n) is 2.31. The summed E-state index contributed by atoms with van der Waals surface area (Å²) in [6.07, 6.45) is 0.265. The van der Waals surface area contributed by atoms with E-state index in [1.165, 1.54) is 0 Å². The van der Waals surface area contributed by atoms with E-state index in [-0.39, 0.29) is 18.2 Å². The smallest absolute Gasteiger partial charge is 0.466 e. The number of carbonyl (C=O) groups excluding carboxylic acids is 1. The lowest BCUT2D eigenvalue weighted by molar-refractivity contribution is -0.143. The van der Waals surface area contributed by atoms with Gasteiger partial charge in [-0.1, -0.05) is 0 Å². The maximum atomic E-state index is 11.9. The van der Waals surface area contributed by atoms with Crippen LogP contribution in [0.25, 0.3) is 0 Å². The fraction of sp³-hybridized carbons (Fsp3) is 0.667. The normalized spacial score (nSPS) is 21.3. The number of rotatable bonds is 5. The molecule has 21 heavy (non-hydrogen) atoms. The predicted octanol–water partition coefficient (Wildman–Crippen LogP) is 3.42. The van der Waals surface area contributed by atoms with E-state index in [0.717, 1.165) is 5.56 Å². The number of hydrogen-bond acceptors (Lipinski definition) is 5. The van der Waals surface area contributed by atoms with Gasteiger partial charge >= 0.3 is 13.1 Å². The van der Waals surface area contributed by atoms with Crippen LogP contribution in [0.1, 0.15) is 52.4 Å². The van der Waals surface area contributed by atoms with Crippen molar-refractivity contribution in [3.05, 3.63) is 22.4 Å². The van der Waals surface area contributed by atoms with E-state index < -0.39 is 18.3 Å². The van der Waals surface area contributed by atoms with Crippen molar-refractivity contribution in [1.82, 2.24) is 0 Å². The number of ether oxygens (including phenoxy) is 1. The van der Waals surface area contributed by atoms with Crippen molar-refractivity contribution < 1.29 is 18.8 Å². The molecule has 1 aromatic rings. The Kier molecular flexibility index (Phi) is 4.80. The Morgan fingerprint density at radius 3 is 2.43 bits per heavy atom. The SMILES string of the molecule is CCOC(=O)CC(B1OC(C)(C)C(C)(C)O1)c1ccsc1. The minimum atomic E-state index is -0.436. The van der Waals surface area contributed by atoms with Gasteiger partial charge in [-0.15, -0.1) is 0 Å². The molecule has 0 aromatic carbocycles. The molecule has 0 saturated carbocycles. The van der Waals surface area contributed by atoms with Crippen LogP contribution in [0.3, 0.4) is 0 Å². The van der Waals surface area contributed by atoms with Crippen molar-refractivity contribution in [3.63, 3.8) is 0 Å². The molecule has 1 unspecified atom stereocenters. The average Bonchev–Trinajstić information content (AvgIpc) is 2.94. The second-order valence-electron chi connectivity index (χ2n) is 6.30. The van der Waals surface area contributed by atoms with Gasteiger partial charge < -0.3 is 14.0 Å². The van der Waals surface area contributed by atoms with Gasteiger partial charge in [-0.25, -0.2) is 0 Å². The fourth-order valence-corrected chi connectivity index (χ4v) is 3.03. The molecule has 1 atom stereocenters. The van der Waals surface area contributed by atoms with Crippen LogP contribution in [0.5, 0.6) is 0 Å². The Morgan fingerprint density at radius 1 is 1.33 bits per heavy atom. The number of thiophene rings is 1. The summed E-state index contributed by atoms with van der Waals surface area (Å²) >= 11 is 1.60. The summed E-state index contributed by atoms with van der Waals surface area (Å²) in [4.78, 5) is 11.9. The van der Waals surface area contributed by atoms with Gasteiger partial charge in [-0.2, -0.15) is 11.3 Å². The third kappa shape index (κ3) is 3.50. The van der Waals surface area contributed by atoms with Crippen molar-refractivity contribution in [3.8, 4) is 0 Å². The van der Waals surface area contributed by atoms with E-state index in [1.54, 1.807) is 11.3 Å². The number of hydrogen-bond donors (Lipinski definition) is 0.